The molecular weight excluding hydrogens is 506 g/mol. The zero-order valence-corrected chi connectivity index (χ0v) is 23.8. The van der Waals surface area contributed by atoms with Crippen LogP contribution in [0.15, 0.2) is 54.6 Å². The van der Waals surface area contributed by atoms with Crippen molar-refractivity contribution in [3.05, 3.63) is 60.2 Å². The molecule has 2 aromatic rings. The first kappa shape index (κ1) is 35.0. The number of carbonyl (C=O) groups is 3. The van der Waals surface area contributed by atoms with Gasteiger partial charge in [-0.25, -0.2) is 0 Å². The van der Waals surface area contributed by atoms with Crippen molar-refractivity contribution in [2.45, 2.75) is 95.6 Å². The van der Waals surface area contributed by atoms with E-state index in [2.05, 4.69) is 12.1 Å². The van der Waals surface area contributed by atoms with Crippen molar-refractivity contribution in [1.29, 1.82) is 0 Å². The molecule has 0 bridgehead atoms. The first-order chi connectivity index (χ1) is 19.3. The summed E-state index contributed by atoms with van der Waals surface area (Å²) in [6.45, 7) is 0.604. The molecule has 8 nitrogen and oxygen atoms in total. The Labute approximate surface area is 239 Å². The van der Waals surface area contributed by atoms with Crippen LogP contribution < -0.4 is 17.2 Å². The van der Waals surface area contributed by atoms with Crippen LogP contribution in [0.3, 0.4) is 0 Å². The van der Waals surface area contributed by atoms with Crippen molar-refractivity contribution in [1.82, 2.24) is 0 Å². The number of unbranched alkanes of at least 4 members (excludes halogenated alkanes) is 1. The van der Waals surface area contributed by atoms with E-state index in [0.717, 1.165) is 50.4 Å². The van der Waals surface area contributed by atoms with Crippen LogP contribution in [0.5, 0.6) is 0 Å². The molecule has 0 spiro atoms. The summed E-state index contributed by atoms with van der Waals surface area (Å²) in [6.07, 6.45) is 14.9. The smallest absolute Gasteiger partial charge is 0.320 e. The van der Waals surface area contributed by atoms with Crippen molar-refractivity contribution in [2.24, 2.45) is 23.1 Å². The Hall–Kier alpha value is -3.07. The molecule has 8 N–H and O–H groups in total. The van der Waals surface area contributed by atoms with E-state index >= 15 is 0 Å². The SMILES string of the molecule is NC1CCCCC1.NCCCCC(N)C(=O)O.O=C(O)C1CCCCC1.O=Cc1ccc(-c2ccccc2)cc1. The molecular formula is C32H49N3O5. The number of aldehydes is 1. The third-order valence-corrected chi connectivity index (χ3v) is 7.04. The minimum Gasteiger partial charge on any atom is -0.481 e. The van der Waals surface area contributed by atoms with Crippen LogP contribution in [0, 0.1) is 5.92 Å². The van der Waals surface area contributed by atoms with Gasteiger partial charge < -0.3 is 27.4 Å². The molecule has 8 heteroatoms. The fraction of sp³-hybridized carbons (Fsp3) is 0.531. The summed E-state index contributed by atoms with van der Waals surface area (Å²) in [5.74, 6) is -1.56. The second-order valence-electron chi connectivity index (χ2n) is 10.4. The van der Waals surface area contributed by atoms with Crippen molar-refractivity contribution < 1.29 is 24.6 Å². The average Bonchev–Trinajstić information content (AvgIpc) is 2.99. The largest absolute Gasteiger partial charge is 0.481 e. The Kier molecular flexibility index (Phi) is 19.0. The molecule has 0 radical (unpaired) electrons. The predicted molar refractivity (Wildman–Crippen MR) is 161 cm³/mol. The van der Waals surface area contributed by atoms with Gasteiger partial charge in [-0.2, -0.15) is 0 Å². The van der Waals surface area contributed by atoms with Crippen LogP contribution in [0.2, 0.25) is 0 Å². The van der Waals surface area contributed by atoms with Crippen molar-refractivity contribution >= 4 is 18.2 Å². The fourth-order valence-corrected chi connectivity index (χ4v) is 4.50. The Morgan fingerprint density at radius 2 is 1.32 bits per heavy atom. The Morgan fingerprint density at radius 3 is 1.73 bits per heavy atom. The molecule has 1 atom stereocenters. The molecule has 0 amide bonds. The van der Waals surface area contributed by atoms with Gasteiger partial charge in [-0.1, -0.05) is 99.5 Å². The molecule has 0 saturated heterocycles. The number of benzene rings is 2. The normalized spacial score (nSPS) is 16.0. The lowest BCUT2D eigenvalue weighted by molar-refractivity contribution is -0.142. The standard InChI is InChI=1S/C13H10O.C7H12O2.C6H14N2O2.C6H13N/c14-10-11-6-8-13(9-7-11)12-4-2-1-3-5-12;8-7(9)6-4-2-1-3-5-6;7-4-2-1-3-5(8)6(9)10;7-6-4-2-1-3-5-6/h1-10H;6H,1-5H2,(H,8,9);5H,1-4,7-8H2,(H,9,10);6H,1-5,7H2. The fourth-order valence-electron chi connectivity index (χ4n) is 4.50. The number of hydrogen-bond donors (Lipinski definition) is 5. The number of aliphatic carboxylic acids is 2. The molecule has 2 fully saturated rings. The van der Waals surface area contributed by atoms with E-state index in [-0.39, 0.29) is 5.92 Å². The molecule has 4 rings (SSSR count). The summed E-state index contributed by atoms with van der Waals surface area (Å²) in [6, 6.07) is 17.5. The number of carbonyl (C=O) groups excluding carboxylic acids is 1. The van der Waals surface area contributed by atoms with Gasteiger partial charge in [0.25, 0.3) is 0 Å². The molecule has 1 unspecified atom stereocenters. The zero-order valence-electron chi connectivity index (χ0n) is 23.8. The Balaban J connectivity index is 0.000000276. The second-order valence-corrected chi connectivity index (χ2v) is 10.4. The van der Waals surface area contributed by atoms with E-state index in [0.29, 0.717) is 24.6 Å². The molecule has 0 aromatic heterocycles. The molecule has 0 aliphatic heterocycles. The zero-order chi connectivity index (χ0) is 29.6. The van der Waals surface area contributed by atoms with Gasteiger partial charge in [-0.15, -0.1) is 0 Å². The minimum atomic E-state index is -0.933. The predicted octanol–water partition coefficient (Wildman–Crippen LogP) is 5.62. The summed E-state index contributed by atoms with van der Waals surface area (Å²) >= 11 is 0. The van der Waals surface area contributed by atoms with E-state index in [4.69, 9.17) is 27.4 Å². The van der Waals surface area contributed by atoms with E-state index in [1.807, 2.05) is 42.5 Å². The van der Waals surface area contributed by atoms with Gasteiger partial charge in [0.05, 0.1) is 5.92 Å². The van der Waals surface area contributed by atoms with Gasteiger partial charge >= 0.3 is 11.9 Å². The van der Waals surface area contributed by atoms with Gasteiger partial charge in [0.15, 0.2) is 0 Å². The summed E-state index contributed by atoms with van der Waals surface area (Å²) in [5.41, 5.74) is 19.1. The summed E-state index contributed by atoms with van der Waals surface area (Å²) in [5, 5.41) is 16.9. The van der Waals surface area contributed by atoms with Gasteiger partial charge in [-0.05, 0) is 56.2 Å². The lowest BCUT2D eigenvalue weighted by Gasteiger charge is -2.16. The second kappa shape index (κ2) is 21.7. The first-order valence-electron chi connectivity index (χ1n) is 14.6. The lowest BCUT2D eigenvalue weighted by atomic mass is 9.90. The number of hydrogen-bond acceptors (Lipinski definition) is 6. The number of carboxylic acids is 2. The molecule has 2 aliphatic carbocycles. The van der Waals surface area contributed by atoms with Crippen LogP contribution in [0.1, 0.15) is 93.8 Å². The van der Waals surface area contributed by atoms with E-state index in [1.165, 1.54) is 44.1 Å². The van der Waals surface area contributed by atoms with E-state index < -0.39 is 18.0 Å². The Morgan fingerprint density at radius 1 is 0.800 bits per heavy atom. The number of carboxylic acid groups (broad SMARTS) is 2. The average molecular weight is 556 g/mol. The van der Waals surface area contributed by atoms with E-state index in [1.54, 1.807) is 0 Å². The van der Waals surface area contributed by atoms with E-state index in [9.17, 15) is 14.4 Å². The highest BCUT2D eigenvalue weighted by Crippen LogP contribution is 2.23. The summed E-state index contributed by atoms with van der Waals surface area (Å²) in [7, 11) is 0. The molecule has 2 aliphatic rings. The summed E-state index contributed by atoms with van der Waals surface area (Å²) in [4.78, 5) is 30.9. The third kappa shape index (κ3) is 16.1. The van der Waals surface area contributed by atoms with Crippen molar-refractivity contribution in [3.8, 4) is 11.1 Å². The van der Waals surface area contributed by atoms with Gasteiger partial charge in [0.1, 0.15) is 12.3 Å². The molecule has 222 valence electrons. The summed E-state index contributed by atoms with van der Waals surface area (Å²) < 4.78 is 0. The van der Waals surface area contributed by atoms with Crippen LogP contribution in [0.4, 0.5) is 0 Å². The Bertz CT molecular complexity index is 941. The van der Waals surface area contributed by atoms with Crippen molar-refractivity contribution in [3.63, 3.8) is 0 Å². The van der Waals surface area contributed by atoms with Gasteiger partial charge in [0.2, 0.25) is 0 Å². The maximum atomic E-state index is 10.5. The highest BCUT2D eigenvalue weighted by atomic mass is 16.4. The van der Waals surface area contributed by atoms with Crippen LogP contribution in [-0.2, 0) is 9.59 Å². The molecule has 2 saturated carbocycles. The molecule has 2 aromatic carbocycles. The lowest BCUT2D eigenvalue weighted by Crippen LogP contribution is -2.29. The molecule has 0 heterocycles. The van der Waals surface area contributed by atoms with Crippen molar-refractivity contribution in [2.75, 3.05) is 6.54 Å². The maximum absolute atomic E-state index is 10.5. The minimum absolute atomic E-state index is 0.0289. The topological polar surface area (TPSA) is 170 Å². The van der Waals surface area contributed by atoms with Gasteiger partial charge in [0, 0.05) is 11.6 Å². The highest BCUT2D eigenvalue weighted by molar-refractivity contribution is 5.76. The highest BCUT2D eigenvalue weighted by Gasteiger charge is 2.19. The molecule has 40 heavy (non-hydrogen) atoms. The third-order valence-electron chi connectivity index (χ3n) is 7.04. The maximum Gasteiger partial charge on any atom is 0.320 e. The van der Waals surface area contributed by atoms with Crippen LogP contribution >= 0.6 is 0 Å². The van der Waals surface area contributed by atoms with Gasteiger partial charge in [-0.3, -0.25) is 14.4 Å². The van der Waals surface area contributed by atoms with Crippen LogP contribution in [-0.4, -0.2) is 47.1 Å². The first-order valence-corrected chi connectivity index (χ1v) is 14.6. The monoisotopic (exact) mass is 555 g/mol. The van der Waals surface area contributed by atoms with Crippen LogP contribution in [0.25, 0.3) is 11.1 Å². The quantitative estimate of drug-likeness (QED) is 0.206. The number of nitrogens with two attached hydrogens (primary N) is 3. The number of rotatable bonds is 8.